The van der Waals surface area contributed by atoms with Crippen LogP contribution in [0.3, 0.4) is 0 Å². The average molecular weight is 182 g/mol. The quantitative estimate of drug-likeness (QED) is 0.763. The Morgan fingerprint density at radius 2 is 2.31 bits per heavy atom. The monoisotopic (exact) mass is 182 g/mol. The Morgan fingerprint density at radius 3 is 2.69 bits per heavy atom. The maximum atomic E-state index is 10.6. The lowest BCUT2D eigenvalue weighted by atomic mass is 9.85. The van der Waals surface area contributed by atoms with Gasteiger partial charge in [-0.2, -0.15) is 5.10 Å². The van der Waals surface area contributed by atoms with Gasteiger partial charge in [0.25, 0.3) is 0 Å². The smallest absolute Gasteiger partial charge is 0.304 e. The Hall–Kier alpha value is -1.32. The van der Waals surface area contributed by atoms with Gasteiger partial charge in [0.15, 0.2) is 0 Å². The number of hydrogen-bond donors (Lipinski definition) is 1. The van der Waals surface area contributed by atoms with Crippen molar-refractivity contribution in [3.05, 3.63) is 18.0 Å². The zero-order valence-corrected chi connectivity index (χ0v) is 8.11. The lowest BCUT2D eigenvalue weighted by Crippen LogP contribution is -2.24. The highest BCUT2D eigenvalue weighted by atomic mass is 16.4. The van der Waals surface area contributed by atoms with Crippen molar-refractivity contribution in [1.29, 1.82) is 0 Å². The van der Waals surface area contributed by atoms with E-state index in [0.717, 1.165) is 5.69 Å². The van der Waals surface area contributed by atoms with Crippen molar-refractivity contribution in [3.63, 3.8) is 0 Å². The molecule has 0 unspecified atom stereocenters. The molecule has 0 amide bonds. The molecule has 0 spiro atoms. The van der Waals surface area contributed by atoms with Gasteiger partial charge in [0, 0.05) is 24.4 Å². The summed E-state index contributed by atoms with van der Waals surface area (Å²) < 4.78 is 1.71. The first-order valence-electron chi connectivity index (χ1n) is 4.14. The second-order valence-electron chi connectivity index (χ2n) is 3.79. The van der Waals surface area contributed by atoms with Crippen LogP contribution in [0.25, 0.3) is 0 Å². The molecule has 4 heteroatoms. The van der Waals surface area contributed by atoms with Gasteiger partial charge < -0.3 is 5.11 Å². The zero-order valence-electron chi connectivity index (χ0n) is 8.11. The molecule has 1 aromatic rings. The molecule has 0 aliphatic rings. The number of carbonyl (C=O) groups is 1. The first kappa shape index (κ1) is 9.77. The number of nitrogens with zero attached hydrogens (tertiary/aromatic N) is 2. The van der Waals surface area contributed by atoms with E-state index in [1.165, 1.54) is 0 Å². The van der Waals surface area contributed by atoms with Gasteiger partial charge in [-0.3, -0.25) is 9.48 Å². The largest absolute Gasteiger partial charge is 0.481 e. The van der Waals surface area contributed by atoms with Crippen LogP contribution in [-0.2, 0) is 17.3 Å². The molecule has 0 aromatic carbocycles. The molecule has 4 nitrogen and oxygen atoms in total. The van der Waals surface area contributed by atoms with Gasteiger partial charge in [0.05, 0.1) is 6.42 Å². The van der Waals surface area contributed by atoms with Gasteiger partial charge in [-0.05, 0) is 6.07 Å². The van der Waals surface area contributed by atoms with E-state index in [0.29, 0.717) is 0 Å². The van der Waals surface area contributed by atoms with Crippen molar-refractivity contribution in [2.75, 3.05) is 0 Å². The minimum atomic E-state index is -0.786. The summed E-state index contributed by atoms with van der Waals surface area (Å²) in [6.07, 6.45) is 1.80. The number of carboxylic acid groups (broad SMARTS) is 1. The van der Waals surface area contributed by atoms with Gasteiger partial charge in [-0.1, -0.05) is 13.8 Å². The first-order chi connectivity index (χ1) is 5.93. The molecule has 0 saturated carbocycles. The normalized spacial score (nSPS) is 11.6. The number of hydrogen-bond acceptors (Lipinski definition) is 2. The van der Waals surface area contributed by atoms with Crippen molar-refractivity contribution in [2.24, 2.45) is 7.05 Å². The van der Waals surface area contributed by atoms with Crippen molar-refractivity contribution in [2.45, 2.75) is 25.7 Å². The van der Waals surface area contributed by atoms with Crippen LogP contribution in [0.1, 0.15) is 26.0 Å². The van der Waals surface area contributed by atoms with Crippen molar-refractivity contribution in [3.8, 4) is 0 Å². The fourth-order valence-corrected chi connectivity index (χ4v) is 1.51. The highest BCUT2D eigenvalue weighted by molar-refractivity contribution is 5.68. The molecular weight excluding hydrogens is 168 g/mol. The van der Waals surface area contributed by atoms with E-state index in [-0.39, 0.29) is 11.8 Å². The highest BCUT2D eigenvalue weighted by Crippen LogP contribution is 2.25. The minimum Gasteiger partial charge on any atom is -0.481 e. The lowest BCUT2D eigenvalue weighted by Gasteiger charge is -2.22. The summed E-state index contributed by atoms with van der Waals surface area (Å²) in [6, 6.07) is 1.85. The molecule has 1 rings (SSSR count). The summed E-state index contributed by atoms with van der Waals surface area (Å²) >= 11 is 0. The molecule has 72 valence electrons. The third kappa shape index (κ3) is 2.08. The SMILES string of the molecule is Cn1nccc1C(C)(C)CC(=O)O. The van der Waals surface area contributed by atoms with Gasteiger partial charge in [0.2, 0.25) is 0 Å². The predicted octanol–water partition coefficient (Wildman–Crippen LogP) is 1.17. The Bertz CT molecular complexity index is 315. The molecule has 0 aliphatic carbocycles. The van der Waals surface area contributed by atoms with E-state index < -0.39 is 5.97 Å². The molecule has 1 aromatic heterocycles. The Labute approximate surface area is 77.2 Å². The first-order valence-corrected chi connectivity index (χ1v) is 4.14. The lowest BCUT2D eigenvalue weighted by molar-refractivity contribution is -0.138. The third-order valence-corrected chi connectivity index (χ3v) is 2.11. The van der Waals surface area contributed by atoms with Crippen LogP contribution in [-0.4, -0.2) is 20.9 Å². The molecule has 0 bridgehead atoms. The van der Waals surface area contributed by atoms with Crippen molar-refractivity contribution >= 4 is 5.97 Å². The third-order valence-electron chi connectivity index (χ3n) is 2.11. The molecule has 13 heavy (non-hydrogen) atoms. The van der Waals surface area contributed by atoms with Gasteiger partial charge >= 0.3 is 5.97 Å². The van der Waals surface area contributed by atoms with E-state index in [9.17, 15) is 4.79 Å². The van der Waals surface area contributed by atoms with E-state index >= 15 is 0 Å². The van der Waals surface area contributed by atoms with E-state index in [1.54, 1.807) is 10.9 Å². The average Bonchev–Trinajstić information content (AvgIpc) is 2.32. The van der Waals surface area contributed by atoms with Crippen LogP contribution in [0.15, 0.2) is 12.3 Å². The second kappa shape index (κ2) is 3.20. The summed E-state index contributed by atoms with van der Waals surface area (Å²) in [4.78, 5) is 10.6. The minimum absolute atomic E-state index is 0.118. The zero-order chi connectivity index (χ0) is 10.1. The molecular formula is C9H14N2O2. The van der Waals surface area contributed by atoms with Crippen LogP contribution in [0.2, 0.25) is 0 Å². The summed E-state index contributed by atoms with van der Waals surface area (Å²) in [5.41, 5.74) is 0.576. The van der Waals surface area contributed by atoms with Crippen molar-refractivity contribution < 1.29 is 9.90 Å². The summed E-state index contributed by atoms with van der Waals surface area (Å²) in [7, 11) is 1.82. The Balaban J connectivity index is 2.93. The topological polar surface area (TPSA) is 55.1 Å². The predicted molar refractivity (Wildman–Crippen MR) is 48.5 cm³/mol. The second-order valence-corrected chi connectivity index (χ2v) is 3.79. The summed E-state index contributed by atoms with van der Waals surface area (Å²) in [6.45, 7) is 3.80. The highest BCUT2D eigenvalue weighted by Gasteiger charge is 2.26. The maximum Gasteiger partial charge on any atom is 0.304 e. The number of rotatable bonds is 3. The van der Waals surface area contributed by atoms with E-state index in [1.807, 2.05) is 27.0 Å². The van der Waals surface area contributed by atoms with E-state index in [2.05, 4.69) is 5.10 Å². The summed E-state index contributed by atoms with van der Waals surface area (Å²) in [5.74, 6) is -0.786. The van der Waals surface area contributed by atoms with Crippen molar-refractivity contribution in [1.82, 2.24) is 9.78 Å². The molecule has 0 saturated heterocycles. The molecule has 0 atom stereocenters. The number of carboxylic acids is 1. The van der Waals surface area contributed by atoms with Crippen LogP contribution in [0.5, 0.6) is 0 Å². The molecule has 1 heterocycles. The van der Waals surface area contributed by atoms with Gasteiger partial charge in [-0.15, -0.1) is 0 Å². The number of aliphatic carboxylic acids is 1. The fourth-order valence-electron chi connectivity index (χ4n) is 1.51. The Kier molecular flexibility index (Phi) is 2.40. The molecule has 1 N–H and O–H groups in total. The summed E-state index contributed by atoms with van der Waals surface area (Å²) in [5, 5.41) is 12.7. The van der Waals surface area contributed by atoms with Crippen LogP contribution >= 0.6 is 0 Å². The van der Waals surface area contributed by atoms with Gasteiger partial charge in [-0.25, -0.2) is 0 Å². The van der Waals surface area contributed by atoms with Crippen LogP contribution < -0.4 is 0 Å². The standard InChI is InChI=1S/C9H14N2O2/c1-9(2,6-8(12)13)7-4-5-10-11(7)3/h4-5H,6H2,1-3H3,(H,12,13). The number of aromatic nitrogens is 2. The fraction of sp³-hybridized carbons (Fsp3) is 0.556. The molecule has 0 aliphatic heterocycles. The van der Waals surface area contributed by atoms with E-state index in [4.69, 9.17) is 5.11 Å². The maximum absolute atomic E-state index is 10.6. The molecule has 0 fully saturated rings. The molecule has 0 radical (unpaired) electrons. The Morgan fingerprint density at radius 1 is 1.69 bits per heavy atom. The van der Waals surface area contributed by atoms with Gasteiger partial charge in [0.1, 0.15) is 0 Å². The number of aryl methyl sites for hydroxylation is 1. The van der Waals surface area contributed by atoms with Crippen LogP contribution in [0.4, 0.5) is 0 Å². The van der Waals surface area contributed by atoms with Crippen LogP contribution in [0, 0.1) is 0 Å².